The smallest absolute Gasteiger partial charge is 0.248 e. The lowest BCUT2D eigenvalue weighted by Crippen LogP contribution is -2.35. The van der Waals surface area contributed by atoms with Gasteiger partial charge in [0.25, 0.3) is 0 Å². The Morgan fingerprint density at radius 3 is 2.78 bits per heavy atom. The van der Waals surface area contributed by atoms with E-state index in [-0.39, 0.29) is 24.3 Å². The summed E-state index contributed by atoms with van der Waals surface area (Å²) in [5, 5.41) is 0. The lowest BCUT2D eigenvalue weighted by molar-refractivity contribution is -0.136. The van der Waals surface area contributed by atoms with Gasteiger partial charge >= 0.3 is 0 Å². The van der Waals surface area contributed by atoms with E-state index in [0.29, 0.717) is 19.7 Å². The van der Waals surface area contributed by atoms with Gasteiger partial charge in [0.1, 0.15) is 6.61 Å². The van der Waals surface area contributed by atoms with Gasteiger partial charge in [-0.15, -0.1) is 0 Å². The molecular formula is C16H24N4O3. The van der Waals surface area contributed by atoms with Crippen LogP contribution in [-0.2, 0) is 27.4 Å². The van der Waals surface area contributed by atoms with E-state index in [1.807, 2.05) is 9.80 Å². The average Bonchev–Trinajstić information content (AvgIpc) is 3.16. The number of carbonyl (C=O) groups excluding carboxylic acids is 2. The molecule has 0 N–H and O–H groups in total. The zero-order valence-electron chi connectivity index (χ0n) is 13.6. The van der Waals surface area contributed by atoms with Gasteiger partial charge < -0.3 is 19.1 Å². The molecule has 0 unspecified atom stereocenters. The molecule has 0 aliphatic carbocycles. The van der Waals surface area contributed by atoms with Crippen LogP contribution < -0.4 is 0 Å². The number of ether oxygens (including phenoxy) is 1. The van der Waals surface area contributed by atoms with Crippen LogP contribution in [0.3, 0.4) is 0 Å². The highest BCUT2D eigenvalue weighted by Crippen LogP contribution is 2.17. The number of likely N-dealkylation sites (tertiary alicyclic amines) is 1. The predicted octanol–water partition coefficient (Wildman–Crippen LogP) is 0.500. The van der Waals surface area contributed by atoms with Crippen LogP contribution in [-0.4, -0.2) is 64.0 Å². The molecule has 7 nitrogen and oxygen atoms in total. The number of hydrogen-bond acceptors (Lipinski definition) is 4. The summed E-state index contributed by atoms with van der Waals surface area (Å²) >= 11 is 0. The van der Waals surface area contributed by atoms with Crippen LogP contribution in [0.2, 0.25) is 0 Å². The Morgan fingerprint density at radius 2 is 2.04 bits per heavy atom. The molecule has 2 amide bonds. The summed E-state index contributed by atoms with van der Waals surface area (Å²) in [6.07, 6.45) is 5.77. The largest absolute Gasteiger partial charge is 0.371 e. The molecule has 0 radical (unpaired) electrons. The summed E-state index contributed by atoms with van der Waals surface area (Å²) in [4.78, 5) is 31.6. The van der Waals surface area contributed by atoms with E-state index in [0.717, 1.165) is 38.2 Å². The van der Waals surface area contributed by atoms with Crippen LogP contribution >= 0.6 is 0 Å². The molecule has 1 aromatic heterocycles. The molecular weight excluding hydrogens is 296 g/mol. The molecule has 7 heteroatoms. The second-order valence-electron chi connectivity index (χ2n) is 6.41. The number of rotatable bonds is 4. The lowest BCUT2D eigenvalue weighted by atomic mass is 10.1. The fourth-order valence-electron chi connectivity index (χ4n) is 3.27. The third kappa shape index (κ3) is 3.90. The Balaban J connectivity index is 1.54. The maximum Gasteiger partial charge on any atom is 0.248 e. The SMILES string of the molecule is CC(=O)N1Cc2cncn2C[C@H](COCC(=O)N2CCCC2)C1. The highest BCUT2D eigenvalue weighted by Gasteiger charge is 2.24. The zero-order chi connectivity index (χ0) is 16.2. The second kappa shape index (κ2) is 7.12. The Bertz CT molecular complexity index is 565. The molecule has 2 aliphatic heterocycles. The van der Waals surface area contributed by atoms with E-state index in [1.165, 1.54) is 0 Å². The molecule has 1 atom stereocenters. The van der Waals surface area contributed by atoms with Crippen molar-refractivity contribution in [3.63, 3.8) is 0 Å². The normalized spacial score (nSPS) is 21.2. The van der Waals surface area contributed by atoms with E-state index >= 15 is 0 Å². The number of nitrogens with zero attached hydrogens (tertiary/aromatic N) is 4. The highest BCUT2D eigenvalue weighted by molar-refractivity contribution is 5.77. The van der Waals surface area contributed by atoms with E-state index in [1.54, 1.807) is 19.4 Å². The number of carbonyl (C=O) groups is 2. The maximum absolute atomic E-state index is 12.0. The number of hydrogen-bond donors (Lipinski definition) is 0. The average molecular weight is 320 g/mol. The van der Waals surface area contributed by atoms with E-state index in [2.05, 4.69) is 9.55 Å². The summed E-state index contributed by atoms with van der Waals surface area (Å²) in [5.74, 6) is 0.293. The van der Waals surface area contributed by atoms with Crippen LogP contribution in [0.25, 0.3) is 0 Å². The van der Waals surface area contributed by atoms with Crippen molar-refractivity contribution in [1.82, 2.24) is 19.4 Å². The number of aromatic nitrogens is 2. The summed E-state index contributed by atoms with van der Waals surface area (Å²) in [6, 6.07) is 0. The summed E-state index contributed by atoms with van der Waals surface area (Å²) in [5.41, 5.74) is 1.04. The molecule has 1 saturated heterocycles. The number of amides is 2. The Labute approximate surface area is 136 Å². The third-order valence-electron chi connectivity index (χ3n) is 4.57. The zero-order valence-corrected chi connectivity index (χ0v) is 13.6. The van der Waals surface area contributed by atoms with Crippen molar-refractivity contribution >= 4 is 11.8 Å². The number of fused-ring (bicyclic) bond motifs is 1. The molecule has 3 rings (SSSR count). The maximum atomic E-state index is 12.0. The van der Waals surface area contributed by atoms with Crippen LogP contribution in [0.5, 0.6) is 0 Å². The minimum absolute atomic E-state index is 0.0535. The molecule has 2 aliphatic rings. The van der Waals surface area contributed by atoms with Gasteiger partial charge in [-0.1, -0.05) is 0 Å². The fourth-order valence-corrected chi connectivity index (χ4v) is 3.27. The van der Waals surface area contributed by atoms with Gasteiger partial charge in [0, 0.05) is 45.2 Å². The van der Waals surface area contributed by atoms with Crippen molar-refractivity contribution in [2.24, 2.45) is 5.92 Å². The van der Waals surface area contributed by atoms with Gasteiger partial charge in [0.15, 0.2) is 0 Å². The molecule has 1 fully saturated rings. The van der Waals surface area contributed by atoms with Gasteiger partial charge in [-0.2, -0.15) is 0 Å². The highest BCUT2D eigenvalue weighted by atomic mass is 16.5. The van der Waals surface area contributed by atoms with Crippen molar-refractivity contribution in [3.05, 3.63) is 18.2 Å². The molecule has 0 aromatic carbocycles. The van der Waals surface area contributed by atoms with Gasteiger partial charge in [-0.05, 0) is 12.8 Å². The molecule has 126 valence electrons. The van der Waals surface area contributed by atoms with Crippen LogP contribution in [0.1, 0.15) is 25.5 Å². The van der Waals surface area contributed by atoms with E-state index in [4.69, 9.17) is 4.74 Å². The standard InChI is InChI=1S/C16H24N4O3/c1-13(21)19-7-14(8-20-12-17-6-15(20)9-19)10-23-11-16(22)18-4-2-3-5-18/h6,12,14H,2-5,7-11H2,1H3/t14-/m1/s1. The minimum atomic E-state index is 0.0535. The van der Waals surface area contributed by atoms with Crippen LogP contribution in [0.4, 0.5) is 0 Å². The first-order valence-corrected chi connectivity index (χ1v) is 8.23. The van der Waals surface area contributed by atoms with Crippen LogP contribution in [0, 0.1) is 5.92 Å². The second-order valence-corrected chi connectivity index (χ2v) is 6.41. The first-order chi connectivity index (χ1) is 11.1. The predicted molar refractivity (Wildman–Crippen MR) is 83.4 cm³/mol. The van der Waals surface area contributed by atoms with Gasteiger partial charge in [0.05, 0.1) is 25.2 Å². The van der Waals surface area contributed by atoms with E-state index in [9.17, 15) is 9.59 Å². The lowest BCUT2D eigenvalue weighted by Gasteiger charge is -2.23. The topological polar surface area (TPSA) is 67.7 Å². The van der Waals surface area contributed by atoms with Gasteiger partial charge in [-0.25, -0.2) is 4.98 Å². The van der Waals surface area contributed by atoms with Gasteiger partial charge in [-0.3, -0.25) is 9.59 Å². The van der Waals surface area contributed by atoms with Crippen molar-refractivity contribution < 1.29 is 14.3 Å². The molecule has 23 heavy (non-hydrogen) atoms. The molecule has 3 heterocycles. The fraction of sp³-hybridized carbons (Fsp3) is 0.688. The summed E-state index contributed by atoms with van der Waals surface area (Å²) in [7, 11) is 0. The van der Waals surface area contributed by atoms with Crippen molar-refractivity contribution in [2.75, 3.05) is 32.8 Å². The van der Waals surface area contributed by atoms with Crippen molar-refractivity contribution in [2.45, 2.75) is 32.9 Å². The Morgan fingerprint density at radius 1 is 1.26 bits per heavy atom. The molecule has 0 bridgehead atoms. The Hall–Kier alpha value is -1.89. The van der Waals surface area contributed by atoms with Crippen LogP contribution in [0.15, 0.2) is 12.5 Å². The molecule has 0 saturated carbocycles. The third-order valence-corrected chi connectivity index (χ3v) is 4.57. The number of imidazole rings is 1. The Kier molecular flexibility index (Phi) is 4.95. The minimum Gasteiger partial charge on any atom is -0.371 e. The molecule has 0 spiro atoms. The molecule has 1 aromatic rings. The monoisotopic (exact) mass is 320 g/mol. The quantitative estimate of drug-likeness (QED) is 0.810. The van der Waals surface area contributed by atoms with E-state index < -0.39 is 0 Å². The first-order valence-electron chi connectivity index (χ1n) is 8.23. The van der Waals surface area contributed by atoms with Crippen molar-refractivity contribution in [3.8, 4) is 0 Å². The summed E-state index contributed by atoms with van der Waals surface area (Å²) in [6.45, 7) is 5.88. The first kappa shape index (κ1) is 16.0. The van der Waals surface area contributed by atoms with Gasteiger partial charge in [0.2, 0.25) is 11.8 Å². The summed E-state index contributed by atoms with van der Waals surface area (Å²) < 4.78 is 7.73. The van der Waals surface area contributed by atoms with Crippen molar-refractivity contribution in [1.29, 1.82) is 0 Å².